The van der Waals surface area contributed by atoms with Gasteiger partial charge in [-0.1, -0.05) is 11.6 Å². The zero-order valence-electron chi connectivity index (χ0n) is 7.47. The first kappa shape index (κ1) is 12.3. The van der Waals surface area contributed by atoms with Crippen LogP contribution < -0.4 is 0 Å². The first-order valence-corrected chi connectivity index (χ1v) is 4.20. The number of hydrogen-bond donors (Lipinski definition) is 1. The summed E-state index contributed by atoms with van der Waals surface area (Å²) in [5.74, 6) is -1.75. The van der Waals surface area contributed by atoms with Gasteiger partial charge in [0.25, 0.3) is 0 Å². The lowest BCUT2D eigenvalue weighted by molar-refractivity contribution is -0.138. The zero-order chi connectivity index (χ0) is 12.5. The molecule has 1 aromatic carbocycles. The fraction of sp³-hybridized carbons (Fsp3) is 0.111. The lowest BCUT2D eigenvalue weighted by atomic mass is 10.0. The molecule has 16 heavy (non-hydrogen) atoms. The highest BCUT2D eigenvalue weighted by molar-refractivity contribution is 6.33. The summed E-state index contributed by atoms with van der Waals surface area (Å²) in [6.07, 6.45) is -4.92. The number of carboxylic acid groups (broad SMARTS) is 1. The van der Waals surface area contributed by atoms with Crippen molar-refractivity contribution in [2.75, 3.05) is 0 Å². The molecule has 0 fully saturated rings. The van der Waals surface area contributed by atoms with E-state index >= 15 is 0 Å². The topological polar surface area (TPSA) is 61.1 Å². The monoisotopic (exact) mass is 249 g/mol. The number of nitriles is 1. The Balaban J connectivity index is 3.64. The maximum absolute atomic E-state index is 12.5. The van der Waals surface area contributed by atoms with Crippen LogP contribution in [0.2, 0.25) is 5.02 Å². The SMILES string of the molecule is N#Cc1ccc(C(=O)O)c(C(F)(F)F)c1Cl. The van der Waals surface area contributed by atoms with E-state index in [-0.39, 0.29) is 0 Å². The number of alkyl halides is 3. The molecule has 0 saturated heterocycles. The van der Waals surface area contributed by atoms with Crippen LogP contribution in [0.15, 0.2) is 12.1 Å². The summed E-state index contributed by atoms with van der Waals surface area (Å²) in [7, 11) is 0. The third-order valence-corrected chi connectivity index (χ3v) is 2.17. The second kappa shape index (κ2) is 4.02. The maximum Gasteiger partial charge on any atom is 0.418 e. The van der Waals surface area contributed by atoms with Gasteiger partial charge in [-0.2, -0.15) is 18.4 Å². The fourth-order valence-electron chi connectivity index (χ4n) is 1.12. The van der Waals surface area contributed by atoms with Gasteiger partial charge in [0.15, 0.2) is 0 Å². The van der Waals surface area contributed by atoms with Crippen LogP contribution in [0, 0.1) is 11.3 Å². The Morgan fingerprint density at radius 1 is 1.44 bits per heavy atom. The van der Waals surface area contributed by atoms with Crippen LogP contribution in [0.4, 0.5) is 13.2 Å². The van der Waals surface area contributed by atoms with Crippen LogP contribution in [-0.4, -0.2) is 11.1 Å². The Morgan fingerprint density at radius 2 is 2.00 bits per heavy atom. The van der Waals surface area contributed by atoms with E-state index in [1.54, 1.807) is 0 Å². The number of carbonyl (C=O) groups is 1. The smallest absolute Gasteiger partial charge is 0.418 e. The molecule has 0 radical (unpaired) electrons. The molecule has 7 heteroatoms. The first-order chi connectivity index (χ1) is 7.29. The van der Waals surface area contributed by atoms with Crippen molar-refractivity contribution < 1.29 is 23.1 Å². The number of aromatic carboxylic acids is 1. The van der Waals surface area contributed by atoms with Gasteiger partial charge in [0.1, 0.15) is 6.07 Å². The van der Waals surface area contributed by atoms with E-state index in [2.05, 4.69) is 0 Å². The van der Waals surface area contributed by atoms with Crippen LogP contribution >= 0.6 is 11.6 Å². The summed E-state index contributed by atoms with van der Waals surface area (Å²) in [6.45, 7) is 0. The van der Waals surface area contributed by atoms with Crippen molar-refractivity contribution in [1.29, 1.82) is 5.26 Å². The predicted octanol–water partition coefficient (Wildman–Crippen LogP) is 2.93. The predicted molar refractivity (Wildman–Crippen MR) is 48.1 cm³/mol. The Hall–Kier alpha value is -1.74. The second-order valence-electron chi connectivity index (χ2n) is 2.76. The maximum atomic E-state index is 12.5. The third-order valence-electron chi connectivity index (χ3n) is 1.78. The normalized spacial score (nSPS) is 10.9. The molecular formula is C9H3ClF3NO2. The van der Waals surface area contributed by atoms with Crippen molar-refractivity contribution in [3.05, 3.63) is 33.8 Å². The van der Waals surface area contributed by atoms with Crippen molar-refractivity contribution in [2.24, 2.45) is 0 Å². The van der Waals surface area contributed by atoms with Gasteiger partial charge in [0, 0.05) is 0 Å². The summed E-state index contributed by atoms with van der Waals surface area (Å²) in [4.78, 5) is 10.6. The van der Waals surface area contributed by atoms with Gasteiger partial charge in [-0.25, -0.2) is 4.79 Å². The molecule has 84 valence electrons. The van der Waals surface area contributed by atoms with Crippen LogP contribution in [0.1, 0.15) is 21.5 Å². The molecule has 0 aliphatic heterocycles. The van der Waals surface area contributed by atoms with E-state index in [9.17, 15) is 18.0 Å². The Bertz CT molecular complexity index is 491. The van der Waals surface area contributed by atoms with Crippen LogP contribution in [-0.2, 0) is 6.18 Å². The van der Waals surface area contributed by atoms with E-state index in [1.165, 1.54) is 6.07 Å². The summed E-state index contributed by atoms with van der Waals surface area (Å²) in [5.41, 5.74) is -2.89. The molecule has 0 saturated carbocycles. The Labute approximate surface area is 92.7 Å². The molecule has 0 aliphatic rings. The Kier molecular flexibility index (Phi) is 3.10. The minimum absolute atomic E-state index is 0.418. The number of benzene rings is 1. The van der Waals surface area contributed by atoms with E-state index in [0.717, 1.165) is 6.07 Å². The highest BCUT2D eigenvalue weighted by atomic mass is 35.5. The second-order valence-corrected chi connectivity index (χ2v) is 3.14. The number of rotatable bonds is 1. The molecule has 0 bridgehead atoms. The average Bonchev–Trinajstić information content (AvgIpc) is 2.14. The summed E-state index contributed by atoms with van der Waals surface area (Å²) in [6, 6.07) is 3.08. The highest BCUT2D eigenvalue weighted by Crippen LogP contribution is 2.38. The van der Waals surface area contributed by atoms with E-state index in [4.69, 9.17) is 22.0 Å². The minimum Gasteiger partial charge on any atom is -0.478 e. The molecule has 0 aliphatic carbocycles. The molecule has 0 amide bonds. The van der Waals surface area contributed by atoms with Crippen molar-refractivity contribution >= 4 is 17.6 Å². The van der Waals surface area contributed by atoms with Gasteiger partial charge in [-0.15, -0.1) is 0 Å². The summed E-state index contributed by atoms with van der Waals surface area (Å²) >= 11 is 5.34. The van der Waals surface area contributed by atoms with E-state index in [0.29, 0.717) is 6.07 Å². The molecule has 0 aromatic heterocycles. The molecule has 0 spiro atoms. The molecule has 1 N–H and O–H groups in total. The quantitative estimate of drug-likeness (QED) is 0.832. The number of hydrogen-bond acceptors (Lipinski definition) is 2. The minimum atomic E-state index is -4.92. The van der Waals surface area contributed by atoms with Gasteiger partial charge in [-0.3, -0.25) is 0 Å². The van der Waals surface area contributed by atoms with Crippen LogP contribution in [0.5, 0.6) is 0 Å². The Morgan fingerprint density at radius 3 is 2.38 bits per heavy atom. The number of halogens is 4. The molecule has 0 atom stereocenters. The van der Waals surface area contributed by atoms with Gasteiger partial charge < -0.3 is 5.11 Å². The number of nitrogens with zero attached hydrogens (tertiary/aromatic N) is 1. The highest BCUT2D eigenvalue weighted by Gasteiger charge is 2.38. The van der Waals surface area contributed by atoms with E-state index < -0.39 is 33.9 Å². The van der Waals surface area contributed by atoms with Crippen molar-refractivity contribution in [2.45, 2.75) is 6.18 Å². The molecule has 3 nitrogen and oxygen atoms in total. The zero-order valence-corrected chi connectivity index (χ0v) is 8.23. The molecule has 1 rings (SSSR count). The third kappa shape index (κ3) is 2.09. The van der Waals surface area contributed by atoms with Crippen molar-refractivity contribution in [3.8, 4) is 6.07 Å². The summed E-state index contributed by atoms with van der Waals surface area (Å²) < 4.78 is 37.6. The summed E-state index contributed by atoms with van der Waals surface area (Å²) in [5, 5.41) is 16.2. The lowest BCUT2D eigenvalue weighted by Crippen LogP contribution is -2.14. The van der Waals surface area contributed by atoms with Crippen LogP contribution in [0.25, 0.3) is 0 Å². The first-order valence-electron chi connectivity index (χ1n) is 3.82. The van der Waals surface area contributed by atoms with Gasteiger partial charge in [-0.05, 0) is 12.1 Å². The van der Waals surface area contributed by atoms with Gasteiger partial charge in [0.2, 0.25) is 0 Å². The van der Waals surface area contributed by atoms with Crippen molar-refractivity contribution in [1.82, 2.24) is 0 Å². The number of carboxylic acids is 1. The van der Waals surface area contributed by atoms with Crippen molar-refractivity contribution in [3.63, 3.8) is 0 Å². The van der Waals surface area contributed by atoms with E-state index in [1.807, 2.05) is 0 Å². The molecule has 0 unspecified atom stereocenters. The van der Waals surface area contributed by atoms with Gasteiger partial charge in [0.05, 0.1) is 21.7 Å². The average molecular weight is 250 g/mol. The molecular weight excluding hydrogens is 247 g/mol. The molecule has 1 aromatic rings. The fourth-order valence-corrected chi connectivity index (χ4v) is 1.43. The largest absolute Gasteiger partial charge is 0.478 e. The standard InChI is InChI=1S/C9H3ClF3NO2/c10-7-4(3-14)1-2-5(8(15)16)6(7)9(11,12)13/h1-2H,(H,15,16). The van der Waals surface area contributed by atoms with Gasteiger partial charge >= 0.3 is 12.1 Å². The molecule has 0 heterocycles. The van der Waals surface area contributed by atoms with Crippen LogP contribution in [0.3, 0.4) is 0 Å². The lowest BCUT2D eigenvalue weighted by Gasteiger charge is -2.12.